The number of aryl methyl sites for hydroxylation is 1. The van der Waals surface area contributed by atoms with Crippen molar-refractivity contribution in [3.63, 3.8) is 0 Å². The van der Waals surface area contributed by atoms with Gasteiger partial charge in [0.05, 0.1) is 30.5 Å². The molecule has 2 heterocycles. The number of aliphatic hydroxyl groups is 1. The third-order valence-electron chi connectivity index (χ3n) is 5.66. The van der Waals surface area contributed by atoms with Crippen LogP contribution in [0.4, 0.5) is 5.13 Å². The predicted octanol–water partition coefficient (Wildman–Crippen LogP) is 4.75. The minimum atomic E-state index is -1.10. The van der Waals surface area contributed by atoms with E-state index in [2.05, 4.69) is 4.98 Å². The summed E-state index contributed by atoms with van der Waals surface area (Å²) in [7, 11) is 0. The Balaban J connectivity index is 1.88. The third-order valence-corrected chi connectivity index (χ3v) is 6.80. The summed E-state index contributed by atoms with van der Waals surface area (Å²) >= 11 is 0.915. The minimum absolute atomic E-state index is 0.0828. The van der Waals surface area contributed by atoms with Gasteiger partial charge in [0, 0.05) is 5.56 Å². The number of thiazole rings is 1. The number of anilines is 1. The summed E-state index contributed by atoms with van der Waals surface area (Å²) in [4.78, 5) is 44.8. The zero-order chi connectivity index (χ0) is 26.7. The van der Waals surface area contributed by atoms with Crippen molar-refractivity contribution in [1.29, 1.82) is 0 Å². The van der Waals surface area contributed by atoms with Gasteiger partial charge in [-0.1, -0.05) is 42.5 Å². The Morgan fingerprint density at radius 2 is 1.89 bits per heavy atom. The average molecular weight is 523 g/mol. The summed E-state index contributed by atoms with van der Waals surface area (Å²) in [6.07, 6.45) is 0.792. The van der Waals surface area contributed by atoms with E-state index in [1.54, 1.807) is 50.2 Å². The van der Waals surface area contributed by atoms with Crippen molar-refractivity contribution in [2.75, 3.05) is 18.1 Å². The monoisotopic (exact) mass is 522 g/mol. The smallest absolute Gasteiger partial charge is 0.350 e. The van der Waals surface area contributed by atoms with Gasteiger partial charge in [-0.05, 0) is 50.1 Å². The molecule has 0 saturated carbocycles. The number of aromatic hydroxyl groups is 1. The summed E-state index contributed by atoms with van der Waals surface area (Å²) in [5, 5.41) is 21.6. The van der Waals surface area contributed by atoms with Crippen molar-refractivity contribution >= 4 is 39.9 Å². The highest BCUT2D eigenvalue weighted by atomic mass is 32.1. The molecule has 2 N–H and O–H groups in total. The van der Waals surface area contributed by atoms with Crippen molar-refractivity contribution in [3.8, 4) is 11.5 Å². The van der Waals surface area contributed by atoms with Crippen molar-refractivity contribution in [1.82, 2.24) is 4.98 Å². The number of carbonyl (C=O) groups is 3. The highest BCUT2D eigenvalue weighted by molar-refractivity contribution is 7.17. The molecule has 1 atom stereocenters. The number of esters is 1. The summed E-state index contributed by atoms with van der Waals surface area (Å²) < 4.78 is 10.7. The maximum Gasteiger partial charge on any atom is 0.350 e. The summed E-state index contributed by atoms with van der Waals surface area (Å²) in [5.41, 5.74) is 0.841. The summed E-state index contributed by atoms with van der Waals surface area (Å²) in [5.74, 6) is -2.40. The molecule has 1 unspecified atom stereocenters. The van der Waals surface area contributed by atoms with Crippen LogP contribution in [0.5, 0.6) is 11.5 Å². The first kappa shape index (κ1) is 25.9. The number of phenolic OH excluding ortho intramolecular Hbond substituents is 1. The molecule has 10 heteroatoms. The van der Waals surface area contributed by atoms with Crippen LogP contribution in [0.25, 0.3) is 5.76 Å². The zero-order valence-electron chi connectivity index (χ0n) is 20.6. The van der Waals surface area contributed by atoms with Gasteiger partial charge in [0.15, 0.2) is 5.13 Å². The van der Waals surface area contributed by atoms with Crippen LogP contribution in [0.15, 0.2) is 54.1 Å². The molecule has 2 aromatic carbocycles. The molecular weight excluding hydrogens is 496 g/mol. The van der Waals surface area contributed by atoms with E-state index in [0.717, 1.165) is 22.7 Å². The SMILES string of the molecule is CCCOc1cccc(/C(O)=C2\C(=O)C(=O)N(c3nc(C)c(C(=O)OCC)s3)C2c2cccc(O)c2)c1. The molecular formula is C27H26N2O7S. The van der Waals surface area contributed by atoms with E-state index in [1.807, 2.05) is 6.92 Å². The fourth-order valence-corrected chi connectivity index (χ4v) is 5.01. The van der Waals surface area contributed by atoms with E-state index >= 15 is 0 Å². The highest BCUT2D eigenvalue weighted by Crippen LogP contribution is 2.44. The number of aromatic nitrogens is 1. The molecule has 1 aliphatic rings. The Bertz CT molecular complexity index is 1390. The first-order valence-corrected chi connectivity index (χ1v) is 12.6. The van der Waals surface area contributed by atoms with Crippen molar-refractivity contribution in [2.45, 2.75) is 33.2 Å². The Labute approximate surface area is 217 Å². The van der Waals surface area contributed by atoms with Crippen LogP contribution in [0.2, 0.25) is 0 Å². The molecule has 192 valence electrons. The molecule has 3 aromatic rings. The van der Waals surface area contributed by atoms with E-state index in [9.17, 15) is 24.6 Å². The van der Waals surface area contributed by atoms with Gasteiger partial charge >= 0.3 is 11.9 Å². The largest absolute Gasteiger partial charge is 0.508 e. The van der Waals surface area contributed by atoms with Gasteiger partial charge in [0.1, 0.15) is 22.1 Å². The number of hydrogen-bond donors (Lipinski definition) is 2. The average Bonchev–Trinajstić information content (AvgIpc) is 3.39. The fraction of sp³-hybridized carbons (Fsp3) is 0.259. The second-order valence-corrected chi connectivity index (χ2v) is 9.25. The molecule has 1 aliphatic heterocycles. The molecule has 1 fully saturated rings. The molecule has 4 rings (SSSR count). The Kier molecular flexibility index (Phi) is 7.58. The van der Waals surface area contributed by atoms with Gasteiger partial charge in [-0.2, -0.15) is 0 Å². The number of rotatable bonds is 8. The van der Waals surface area contributed by atoms with Crippen LogP contribution in [0.3, 0.4) is 0 Å². The Morgan fingerprint density at radius 1 is 1.14 bits per heavy atom. The number of Topliss-reactive ketones (excluding diaryl/α,β-unsaturated/α-hetero) is 1. The lowest BCUT2D eigenvalue weighted by Crippen LogP contribution is -2.29. The highest BCUT2D eigenvalue weighted by Gasteiger charge is 2.48. The van der Waals surface area contributed by atoms with E-state index in [4.69, 9.17) is 9.47 Å². The van der Waals surface area contributed by atoms with E-state index in [1.165, 1.54) is 12.1 Å². The predicted molar refractivity (Wildman–Crippen MR) is 138 cm³/mol. The number of nitrogens with zero attached hydrogens (tertiary/aromatic N) is 2. The molecule has 1 aromatic heterocycles. The maximum atomic E-state index is 13.3. The standard InChI is InChI=1S/C27H26N2O7S/c1-4-12-36-19-11-7-9-17(14-19)22(31)20-21(16-8-6-10-18(30)13-16)29(25(33)23(20)32)27-28-15(3)24(37-27)26(34)35-5-2/h6-11,13-14,21,30-31H,4-5,12H2,1-3H3/b22-20+. The van der Waals surface area contributed by atoms with E-state index < -0.39 is 29.5 Å². The second kappa shape index (κ2) is 10.8. The van der Waals surface area contributed by atoms with Crippen molar-refractivity contribution in [2.24, 2.45) is 0 Å². The van der Waals surface area contributed by atoms with Gasteiger partial charge in [-0.25, -0.2) is 9.78 Å². The number of benzene rings is 2. The lowest BCUT2D eigenvalue weighted by Gasteiger charge is -2.23. The Morgan fingerprint density at radius 3 is 2.59 bits per heavy atom. The molecule has 1 saturated heterocycles. The molecule has 1 amide bonds. The quantitative estimate of drug-likeness (QED) is 0.188. The molecule has 9 nitrogen and oxygen atoms in total. The Hall–Kier alpha value is -4.18. The van der Waals surface area contributed by atoms with Gasteiger partial charge in [0.2, 0.25) is 0 Å². The first-order valence-electron chi connectivity index (χ1n) is 11.7. The number of phenols is 1. The van der Waals surface area contributed by atoms with Crippen LogP contribution >= 0.6 is 11.3 Å². The first-order chi connectivity index (χ1) is 17.8. The molecule has 0 spiro atoms. The second-order valence-electron chi connectivity index (χ2n) is 8.27. The van der Waals surface area contributed by atoms with Crippen LogP contribution < -0.4 is 9.64 Å². The van der Waals surface area contributed by atoms with Crippen LogP contribution in [-0.4, -0.2) is 46.1 Å². The lowest BCUT2D eigenvalue weighted by molar-refractivity contribution is -0.132. The fourth-order valence-electron chi connectivity index (χ4n) is 4.02. The number of ether oxygens (including phenoxy) is 2. The zero-order valence-corrected chi connectivity index (χ0v) is 21.4. The topological polar surface area (TPSA) is 126 Å². The molecule has 37 heavy (non-hydrogen) atoms. The van der Waals surface area contributed by atoms with Gasteiger partial charge in [-0.15, -0.1) is 0 Å². The molecule has 0 aliphatic carbocycles. The molecule has 0 bridgehead atoms. The number of hydrogen-bond acceptors (Lipinski definition) is 9. The number of amides is 1. The summed E-state index contributed by atoms with van der Waals surface area (Å²) in [6, 6.07) is 11.6. The van der Waals surface area contributed by atoms with Gasteiger partial charge < -0.3 is 19.7 Å². The van der Waals surface area contributed by atoms with Gasteiger partial charge in [-0.3, -0.25) is 14.5 Å². The normalized spacial score (nSPS) is 16.7. The molecule has 0 radical (unpaired) electrons. The summed E-state index contributed by atoms with van der Waals surface area (Å²) in [6.45, 7) is 5.89. The number of carbonyl (C=O) groups excluding carboxylic acids is 3. The third kappa shape index (κ3) is 5.05. The van der Waals surface area contributed by atoms with E-state index in [-0.39, 0.29) is 27.9 Å². The van der Waals surface area contributed by atoms with Crippen LogP contribution in [-0.2, 0) is 14.3 Å². The number of aliphatic hydroxyl groups excluding tert-OH is 1. The van der Waals surface area contributed by atoms with Crippen molar-refractivity contribution in [3.05, 3.63) is 75.8 Å². The lowest BCUT2D eigenvalue weighted by atomic mass is 9.95. The van der Waals surface area contributed by atoms with Crippen LogP contribution in [0, 0.1) is 6.92 Å². The van der Waals surface area contributed by atoms with Crippen LogP contribution in [0.1, 0.15) is 52.8 Å². The number of ketones is 1. The van der Waals surface area contributed by atoms with E-state index in [0.29, 0.717) is 29.2 Å². The minimum Gasteiger partial charge on any atom is -0.508 e. The van der Waals surface area contributed by atoms with Crippen molar-refractivity contribution < 1.29 is 34.1 Å². The van der Waals surface area contributed by atoms with Gasteiger partial charge in [0.25, 0.3) is 5.78 Å². The maximum absolute atomic E-state index is 13.3.